The minimum absolute atomic E-state index is 0.369. The van der Waals surface area contributed by atoms with E-state index >= 15 is 0 Å². The van der Waals surface area contributed by atoms with Crippen LogP contribution in [0.4, 0.5) is 0 Å². The zero-order chi connectivity index (χ0) is 9.26. The van der Waals surface area contributed by atoms with Crippen molar-refractivity contribution in [1.82, 2.24) is 0 Å². The van der Waals surface area contributed by atoms with Gasteiger partial charge in [0.05, 0.1) is 11.2 Å². The maximum Gasteiger partial charge on any atom is 0.186 e. The van der Waals surface area contributed by atoms with Crippen molar-refractivity contribution < 1.29 is 13.5 Å². The molecule has 4 heteroatoms. The molecule has 1 aliphatic heterocycles. The molecule has 1 N–H and O–H groups in total. The predicted octanol–water partition coefficient (Wildman–Crippen LogP) is 1.77. The van der Waals surface area contributed by atoms with Crippen LogP contribution in [0, 0.1) is 0 Å². The molecule has 1 unspecified atom stereocenters. The van der Waals surface area contributed by atoms with E-state index in [2.05, 4.69) is 0 Å². The molecule has 0 bridgehead atoms. The Morgan fingerprint density at radius 3 is 3.08 bits per heavy atom. The van der Waals surface area contributed by atoms with Gasteiger partial charge in [0, 0.05) is 5.56 Å². The first kappa shape index (κ1) is 8.47. The van der Waals surface area contributed by atoms with Gasteiger partial charge in [-0.05, 0) is 17.7 Å². The summed E-state index contributed by atoms with van der Waals surface area (Å²) in [4.78, 5) is 0.432. The Morgan fingerprint density at radius 1 is 1.46 bits per heavy atom. The van der Waals surface area contributed by atoms with Crippen LogP contribution >= 0.6 is 0 Å². The largest absolute Gasteiger partial charge is 0.496 e. The molecule has 0 saturated heterocycles. The number of rotatable bonds is 1. The van der Waals surface area contributed by atoms with Crippen molar-refractivity contribution in [2.24, 2.45) is 0 Å². The van der Waals surface area contributed by atoms with Gasteiger partial charge in [-0.1, -0.05) is 12.1 Å². The maximum absolute atomic E-state index is 10.9. The standard InChI is InChI=1S/C9H8O3S/c10-13(11)9-3-1-2-7-4-5-12-6-8(7)9/h1-5H,6H2,(H,10,11). The molecule has 1 aromatic carbocycles. The number of hydrogen-bond acceptors (Lipinski definition) is 2. The molecule has 0 fully saturated rings. The number of benzene rings is 1. The molecule has 1 aliphatic rings. The highest BCUT2D eigenvalue weighted by Crippen LogP contribution is 2.23. The second-order valence-electron chi connectivity index (χ2n) is 2.69. The van der Waals surface area contributed by atoms with Crippen molar-refractivity contribution in [2.45, 2.75) is 11.5 Å². The molecule has 2 rings (SSSR count). The minimum Gasteiger partial charge on any atom is -0.496 e. The molecule has 13 heavy (non-hydrogen) atoms. The number of fused-ring (bicyclic) bond motifs is 1. The highest BCUT2D eigenvalue weighted by Gasteiger charge is 2.13. The summed E-state index contributed by atoms with van der Waals surface area (Å²) in [7, 11) is 0. The van der Waals surface area contributed by atoms with Gasteiger partial charge < -0.3 is 9.29 Å². The summed E-state index contributed by atoms with van der Waals surface area (Å²) in [6, 6.07) is 5.29. The van der Waals surface area contributed by atoms with E-state index < -0.39 is 11.1 Å². The monoisotopic (exact) mass is 196 g/mol. The van der Waals surface area contributed by atoms with Crippen LogP contribution in [0.2, 0.25) is 0 Å². The molecular formula is C9H8O3S. The average molecular weight is 196 g/mol. The zero-order valence-electron chi connectivity index (χ0n) is 6.77. The fraction of sp³-hybridized carbons (Fsp3) is 0.111. The van der Waals surface area contributed by atoms with Crippen LogP contribution in [-0.2, 0) is 22.4 Å². The van der Waals surface area contributed by atoms with E-state index in [1.54, 1.807) is 24.5 Å². The average Bonchev–Trinajstić information content (AvgIpc) is 2.17. The van der Waals surface area contributed by atoms with E-state index in [1.807, 2.05) is 6.07 Å². The van der Waals surface area contributed by atoms with Crippen LogP contribution < -0.4 is 0 Å². The topological polar surface area (TPSA) is 46.5 Å². The summed E-state index contributed by atoms with van der Waals surface area (Å²) < 4.78 is 24.9. The van der Waals surface area contributed by atoms with Gasteiger partial charge in [0.2, 0.25) is 0 Å². The van der Waals surface area contributed by atoms with E-state index in [-0.39, 0.29) is 0 Å². The normalized spacial score (nSPS) is 16.1. The first-order valence-electron chi connectivity index (χ1n) is 3.80. The SMILES string of the molecule is O=S(O)c1cccc2c1COC=C2. The van der Waals surface area contributed by atoms with Crippen LogP contribution in [-0.4, -0.2) is 8.76 Å². The van der Waals surface area contributed by atoms with Crippen LogP contribution in [0.5, 0.6) is 0 Å². The van der Waals surface area contributed by atoms with Crippen molar-refractivity contribution in [3.05, 3.63) is 35.6 Å². The second-order valence-corrected chi connectivity index (χ2v) is 3.62. The van der Waals surface area contributed by atoms with Gasteiger partial charge >= 0.3 is 0 Å². The van der Waals surface area contributed by atoms with Crippen molar-refractivity contribution in [3.63, 3.8) is 0 Å². The molecule has 0 amide bonds. The summed E-state index contributed by atoms with van der Waals surface area (Å²) in [5.41, 5.74) is 1.75. The Bertz CT molecular complexity index is 384. The molecule has 0 aliphatic carbocycles. The molecule has 0 saturated carbocycles. The van der Waals surface area contributed by atoms with Crippen molar-refractivity contribution in [3.8, 4) is 0 Å². The van der Waals surface area contributed by atoms with Gasteiger partial charge in [-0.15, -0.1) is 0 Å². The van der Waals surface area contributed by atoms with Crippen molar-refractivity contribution >= 4 is 17.2 Å². The van der Waals surface area contributed by atoms with Crippen LogP contribution in [0.25, 0.3) is 6.08 Å². The molecule has 1 aromatic rings. The van der Waals surface area contributed by atoms with Crippen LogP contribution in [0.15, 0.2) is 29.4 Å². The van der Waals surface area contributed by atoms with Gasteiger partial charge in [0.15, 0.2) is 11.1 Å². The first-order chi connectivity index (χ1) is 6.29. The Kier molecular flexibility index (Phi) is 2.16. The Balaban J connectivity index is 2.59. The highest BCUT2D eigenvalue weighted by atomic mass is 32.2. The van der Waals surface area contributed by atoms with E-state index in [0.29, 0.717) is 11.5 Å². The molecular weight excluding hydrogens is 188 g/mol. The number of ether oxygens (including phenoxy) is 1. The third-order valence-electron chi connectivity index (χ3n) is 1.93. The lowest BCUT2D eigenvalue weighted by Crippen LogP contribution is -2.02. The van der Waals surface area contributed by atoms with Crippen LogP contribution in [0.3, 0.4) is 0 Å². The van der Waals surface area contributed by atoms with E-state index in [1.165, 1.54) is 0 Å². The van der Waals surface area contributed by atoms with Gasteiger partial charge in [-0.2, -0.15) is 0 Å². The van der Waals surface area contributed by atoms with E-state index in [0.717, 1.165) is 11.1 Å². The highest BCUT2D eigenvalue weighted by molar-refractivity contribution is 7.79. The third-order valence-corrected chi connectivity index (χ3v) is 2.69. The molecule has 1 heterocycles. The van der Waals surface area contributed by atoms with E-state index in [9.17, 15) is 4.21 Å². The third kappa shape index (κ3) is 1.50. The lowest BCUT2D eigenvalue weighted by molar-refractivity contribution is 0.231. The van der Waals surface area contributed by atoms with Crippen LogP contribution in [0.1, 0.15) is 11.1 Å². The minimum atomic E-state index is -1.93. The first-order valence-corrected chi connectivity index (χ1v) is 4.90. The molecule has 1 atom stereocenters. The fourth-order valence-electron chi connectivity index (χ4n) is 1.31. The smallest absolute Gasteiger partial charge is 0.186 e. The van der Waals surface area contributed by atoms with Gasteiger partial charge in [-0.25, -0.2) is 4.21 Å². The second kappa shape index (κ2) is 3.32. The summed E-state index contributed by atoms with van der Waals surface area (Å²) >= 11 is -1.93. The Labute approximate surface area is 78.3 Å². The Morgan fingerprint density at radius 2 is 2.31 bits per heavy atom. The maximum atomic E-state index is 10.9. The van der Waals surface area contributed by atoms with Gasteiger partial charge in [-0.3, -0.25) is 0 Å². The number of hydrogen-bond donors (Lipinski definition) is 1. The molecule has 68 valence electrons. The zero-order valence-corrected chi connectivity index (χ0v) is 7.58. The van der Waals surface area contributed by atoms with Gasteiger partial charge in [0.25, 0.3) is 0 Å². The molecule has 0 spiro atoms. The van der Waals surface area contributed by atoms with Gasteiger partial charge in [0.1, 0.15) is 6.61 Å². The van der Waals surface area contributed by atoms with Crippen molar-refractivity contribution in [2.75, 3.05) is 0 Å². The molecule has 3 nitrogen and oxygen atoms in total. The van der Waals surface area contributed by atoms with Crippen molar-refractivity contribution in [1.29, 1.82) is 0 Å². The summed E-state index contributed by atoms with van der Waals surface area (Å²) in [5.74, 6) is 0. The lowest BCUT2D eigenvalue weighted by Gasteiger charge is -2.13. The summed E-state index contributed by atoms with van der Waals surface area (Å²) in [6.45, 7) is 0.369. The molecule has 0 aromatic heterocycles. The quantitative estimate of drug-likeness (QED) is 0.696. The van der Waals surface area contributed by atoms with E-state index in [4.69, 9.17) is 9.29 Å². The predicted molar refractivity (Wildman–Crippen MR) is 49.3 cm³/mol. The Hall–Kier alpha value is -1.13. The summed E-state index contributed by atoms with van der Waals surface area (Å²) in [6.07, 6.45) is 3.38. The summed E-state index contributed by atoms with van der Waals surface area (Å²) in [5, 5.41) is 0. The fourth-order valence-corrected chi connectivity index (χ4v) is 1.89. The lowest BCUT2D eigenvalue weighted by atomic mass is 10.1. The molecule has 0 radical (unpaired) electrons.